The van der Waals surface area contributed by atoms with Gasteiger partial charge in [-0.2, -0.15) is 0 Å². The van der Waals surface area contributed by atoms with Crippen LogP contribution in [-0.2, 0) is 4.79 Å². The summed E-state index contributed by atoms with van der Waals surface area (Å²) in [4.78, 5) is 13.7. The molecule has 1 amide bonds. The largest absolute Gasteiger partial charge is 0.508 e. The van der Waals surface area contributed by atoms with Crippen molar-refractivity contribution in [3.05, 3.63) is 29.8 Å². The number of hydrogen-bond acceptors (Lipinski definition) is 3. The average Bonchev–Trinajstić information content (AvgIpc) is 2.34. The second-order valence-corrected chi connectivity index (χ2v) is 5.84. The van der Waals surface area contributed by atoms with Gasteiger partial charge < -0.3 is 15.3 Å². The van der Waals surface area contributed by atoms with E-state index in [1.807, 2.05) is 39.8 Å². The third-order valence-corrected chi connectivity index (χ3v) is 3.13. The van der Waals surface area contributed by atoms with Crippen LogP contribution >= 0.6 is 0 Å². The van der Waals surface area contributed by atoms with E-state index in [1.54, 1.807) is 24.1 Å². The highest BCUT2D eigenvalue weighted by atomic mass is 16.3. The van der Waals surface area contributed by atoms with Crippen LogP contribution in [0.1, 0.15) is 39.3 Å². The maximum Gasteiger partial charge on any atom is 0.236 e. The number of para-hydroxylation sites is 1. The number of amides is 1. The number of rotatable bonds is 4. The number of nitrogens with zero attached hydrogens (tertiary/aromatic N) is 1. The number of hydrogen-bond donors (Lipinski definition) is 2. The van der Waals surface area contributed by atoms with E-state index in [0.29, 0.717) is 0 Å². The lowest BCUT2D eigenvalue weighted by Gasteiger charge is -2.28. The first-order chi connectivity index (χ1) is 8.72. The molecule has 106 valence electrons. The third-order valence-electron chi connectivity index (χ3n) is 3.13. The van der Waals surface area contributed by atoms with Gasteiger partial charge in [0.2, 0.25) is 5.91 Å². The Kier molecular flexibility index (Phi) is 4.95. The molecule has 0 spiro atoms. The molecule has 0 heterocycles. The van der Waals surface area contributed by atoms with Crippen molar-refractivity contribution in [2.45, 2.75) is 39.3 Å². The van der Waals surface area contributed by atoms with Crippen LogP contribution in [0.25, 0.3) is 0 Å². The molecule has 0 aliphatic carbocycles. The molecule has 0 radical (unpaired) electrons. The smallest absolute Gasteiger partial charge is 0.236 e. The zero-order valence-corrected chi connectivity index (χ0v) is 12.4. The van der Waals surface area contributed by atoms with Crippen molar-refractivity contribution in [2.24, 2.45) is 0 Å². The molecular weight excluding hydrogens is 240 g/mol. The number of benzene rings is 1. The summed E-state index contributed by atoms with van der Waals surface area (Å²) in [5.41, 5.74) is 0.670. The molecule has 0 aliphatic heterocycles. The highest BCUT2D eigenvalue weighted by molar-refractivity contribution is 5.78. The average molecular weight is 264 g/mol. The Morgan fingerprint density at radius 1 is 1.37 bits per heavy atom. The molecule has 1 rings (SSSR count). The minimum atomic E-state index is -0.157. The van der Waals surface area contributed by atoms with Crippen LogP contribution in [0.4, 0.5) is 0 Å². The molecule has 1 aromatic rings. The first-order valence-corrected chi connectivity index (χ1v) is 6.51. The zero-order valence-electron chi connectivity index (χ0n) is 12.4. The predicted molar refractivity (Wildman–Crippen MR) is 77.0 cm³/mol. The summed E-state index contributed by atoms with van der Waals surface area (Å²) in [7, 11) is 1.75. The first-order valence-electron chi connectivity index (χ1n) is 6.51. The van der Waals surface area contributed by atoms with Crippen molar-refractivity contribution in [1.29, 1.82) is 0 Å². The fourth-order valence-electron chi connectivity index (χ4n) is 1.73. The van der Waals surface area contributed by atoms with E-state index in [9.17, 15) is 9.90 Å². The molecule has 19 heavy (non-hydrogen) atoms. The van der Waals surface area contributed by atoms with E-state index in [-0.39, 0.29) is 29.8 Å². The molecule has 0 saturated carbocycles. The topological polar surface area (TPSA) is 52.6 Å². The Balaban J connectivity index is 2.69. The zero-order chi connectivity index (χ0) is 14.6. The van der Waals surface area contributed by atoms with E-state index < -0.39 is 0 Å². The molecular formula is C15H24N2O2. The summed E-state index contributed by atoms with van der Waals surface area (Å²) in [6, 6.07) is 6.94. The number of phenolic OH excluding ortho intramolecular Hbond substituents is 1. The lowest BCUT2D eigenvalue weighted by Crippen LogP contribution is -2.44. The SMILES string of the molecule is CC(c1ccccc1O)N(C)C(=O)CNC(C)(C)C. The Hall–Kier alpha value is -1.55. The minimum Gasteiger partial charge on any atom is -0.508 e. The molecule has 1 atom stereocenters. The van der Waals surface area contributed by atoms with Crippen LogP contribution in [0.15, 0.2) is 24.3 Å². The van der Waals surface area contributed by atoms with E-state index >= 15 is 0 Å². The summed E-state index contributed by atoms with van der Waals surface area (Å²) in [6.45, 7) is 8.26. The van der Waals surface area contributed by atoms with Gasteiger partial charge in [0.15, 0.2) is 0 Å². The minimum absolute atomic E-state index is 0.00526. The van der Waals surface area contributed by atoms with Gasteiger partial charge in [-0.3, -0.25) is 4.79 Å². The Morgan fingerprint density at radius 2 is 1.95 bits per heavy atom. The number of carbonyl (C=O) groups excluding carboxylic acids is 1. The van der Waals surface area contributed by atoms with Gasteiger partial charge in [0.1, 0.15) is 5.75 Å². The second-order valence-electron chi connectivity index (χ2n) is 5.84. The van der Waals surface area contributed by atoms with Crippen molar-refractivity contribution < 1.29 is 9.90 Å². The van der Waals surface area contributed by atoms with E-state index in [0.717, 1.165) is 5.56 Å². The summed E-state index contributed by atoms with van der Waals surface area (Å²) in [6.07, 6.45) is 0. The molecule has 0 fully saturated rings. The highest BCUT2D eigenvalue weighted by Crippen LogP contribution is 2.26. The summed E-state index contributed by atoms with van der Waals surface area (Å²) in [5, 5.41) is 13.0. The van der Waals surface area contributed by atoms with Gasteiger partial charge in [-0.1, -0.05) is 18.2 Å². The van der Waals surface area contributed by atoms with Crippen molar-refractivity contribution in [2.75, 3.05) is 13.6 Å². The van der Waals surface area contributed by atoms with Gasteiger partial charge in [0.05, 0.1) is 12.6 Å². The molecule has 1 unspecified atom stereocenters. The maximum absolute atomic E-state index is 12.1. The van der Waals surface area contributed by atoms with Crippen LogP contribution in [0.2, 0.25) is 0 Å². The molecule has 4 nitrogen and oxygen atoms in total. The fraction of sp³-hybridized carbons (Fsp3) is 0.533. The van der Waals surface area contributed by atoms with Crippen molar-refractivity contribution in [1.82, 2.24) is 10.2 Å². The normalized spacial score (nSPS) is 13.1. The van der Waals surface area contributed by atoms with Gasteiger partial charge in [-0.25, -0.2) is 0 Å². The van der Waals surface area contributed by atoms with Crippen LogP contribution in [0.3, 0.4) is 0 Å². The molecule has 4 heteroatoms. The number of likely N-dealkylation sites (N-methyl/N-ethyl adjacent to an activating group) is 1. The van der Waals surface area contributed by atoms with Crippen molar-refractivity contribution in [3.8, 4) is 5.75 Å². The summed E-state index contributed by atoms with van der Waals surface area (Å²) in [5.74, 6) is 0.226. The third kappa shape index (κ3) is 4.56. The summed E-state index contributed by atoms with van der Waals surface area (Å²) >= 11 is 0. The summed E-state index contributed by atoms with van der Waals surface area (Å²) < 4.78 is 0. The maximum atomic E-state index is 12.1. The van der Waals surface area contributed by atoms with E-state index in [1.165, 1.54) is 0 Å². The number of nitrogens with one attached hydrogen (secondary N) is 1. The van der Waals surface area contributed by atoms with Gasteiger partial charge in [-0.05, 0) is 33.8 Å². The van der Waals surface area contributed by atoms with Gasteiger partial charge >= 0.3 is 0 Å². The molecule has 0 aromatic heterocycles. The predicted octanol–water partition coefficient (Wildman–Crippen LogP) is 2.30. The highest BCUT2D eigenvalue weighted by Gasteiger charge is 2.20. The van der Waals surface area contributed by atoms with Crippen LogP contribution in [0, 0.1) is 0 Å². The van der Waals surface area contributed by atoms with Crippen LogP contribution < -0.4 is 5.32 Å². The number of carbonyl (C=O) groups is 1. The lowest BCUT2D eigenvalue weighted by atomic mass is 10.1. The van der Waals surface area contributed by atoms with Crippen LogP contribution in [0.5, 0.6) is 5.75 Å². The molecule has 0 saturated heterocycles. The first kappa shape index (κ1) is 15.5. The van der Waals surface area contributed by atoms with Crippen molar-refractivity contribution in [3.63, 3.8) is 0 Å². The van der Waals surface area contributed by atoms with E-state index in [2.05, 4.69) is 5.32 Å². The molecule has 2 N–H and O–H groups in total. The molecule has 1 aromatic carbocycles. The second kappa shape index (κ2) is 6.06. The Bertz CT molecular complexity index is 438. The molecule has 0 bridgehead atoms. The van der Waals surface area contributed by atoms with Crippen molar-refractivity contribution >= 4 is 5.91 Å². The standard InChI is InChI=1S/C15H24N2O2/c1-11(12-8-6-7-9-13(12)18)17(5)14(19)10-16-15(2,3)4/h6-9,11,16,18H,10H2,1-5H3. The Labute approximate surface area is 115 Å². The number of aromatic hydroxyl groups is 1. The van der Waals surface area contributed by atoms with Crippen LogP contribution in [-0.4, -0.2) is 35.0 Å². The van der Waals surface area contributed by atoms with E-state index in [4.69, 9.17) is 0 Å². The monoisotopic (exact) mass is 264 g/mol. The Morgan fingerprint density at radius 3 is 2.47 bits per heavy atom. The fourth-order valence-corrected chi connectivity index (χ4v) is 1.73. The van der Waals surface area contributed by atoms with Gasteiger partial charge in [0, 0.05) is 18.2 Å². The lowest BCUT2D eigenvalue weighted by molar-refractivity contribution is -0.131. The molecule has 0 aliphatic rings. The number of phenols is 1. The van der Waals surface area contributed by atoms with Gasteiger partial charge in [0.25, 0.3) is 0 Å². The quantitative estimate of drug-likeness (QED) is 0.877. The van der Waals surface area contributed by atoms with Gasteiger partial charge in [-0.15, -0.1) is 0 Å².